The molecular weight excluding hydrogens is 286 g/mol. The zero-order valence-corrected chi connectivity index (χ0v) is 14.0. The molecule has 0 bridgehead atoms. The molecule has 1 aliphatic rings. The Balaban J connectivity index is 1.84. The van der Waals surface area contributed by atoms with Gasteiger partial charge in [-0.3, -0.25) is 4.90 Å². The Labute approximate surface area is 138 Å². The van der Waals surface area contributed by atoms with Gasteiger partial charge in [0.25, 0.3) is 0 Å². The number of hydrogen-bond donors (Lipinski definition) is 1. The number of imidazole rings is 1. The molecule has 0 aliphatic heterocycles. The molecule has 0 radical (unpaired) electrons. The summed E-state index contributed by atoms with van der Waals surface area (Å²) in [4.78, 5) is 6.83. The number of aliphatic hydroxyl groups is 1. The van der Waals surface area contributed by atoms with Crippen LogP contribution in [0.5, 0.6) is 0 Å². The van der Waals surface area contributed by atoms with Crippen LogP contribution in [0.1, 0.15) is 49.0 Å². The van der Waals surface area contributed by atoms with Crippen molar-refractivity contribution < 1.29 is 5.11 Å². The summed E-state index contributed by atoms with van der Waals surface area (Å²) in [5, 5.41) is 9.29. The topological polar surface area (TPSA) is 41.3 Å². The van der Waals surface area contributed by atoms with Gasteiger partial charge in [0.15, 0.2) is 0 Å². The van der Waals surface area contributed by atoms with Crippen LogP contribution in [0.25, 0.3) is 0 Å². The molecule has 1 aromatic carbocycles. The van der Waals surface area contributed by atoms with Crippen molar-refractivity contribution in [3.8, 4) is 0 Å². The number of benzene rings is 1. The minimum Gasteiger partial charge on any atom is -0.396 e. The van der Waals surface area contributed by atoms with Crippen molar-refractivity contribution >= 4 is 0 Å². The second kappa shape index (κ2) is 7.75. The van der Waals surface area contributed by atoms with E-state index in [9.17, 15) is 5.11 Å². The first kappa shape index (κ1) is 16.2. The van der Waals surface area contributed by atoms with Gasteiger partial charge < -0.3 is 9.67 Å². The van der Waals surface area contributed by atoms with Crippen LogP contribution in [-0.2, 0) is 19.5 Å². The molecule has 1 N–H and O–H groups in total. The lowest BCUT2D eigenvalue weighted by Gasteiger charge is -2.36. The molecule has 124 valence electrons. The third-order valence-corrected chi connectivity index (χ3v) is 4.89. The highest BCUT2D eigenvalue weighted by Crippen LogP contribution is 2.35. The number of nitrogens with zero attached hydrogens (tertiary/aromatic N) is 3. The predicted octanol–water partition coefficient (Wildman–Crippen LogP) is 3.17. The van der Waals surface area contributed by atoms with E-state index in [2.05, 4.69) is 45.6 Å². The Hall–Kier alpha value is -1.65. The lowest BCUT2D eigenvalue weighted by atomic mass is 9.86. The van der Waals surface area contributed by atoms with Gasteiger partial charge in [0.05, 0.1) is 12.0 Å². The standard InChI is InChI=1S/C19H27N3O/c1-2-21-15-20-13-17(21)14-22(11-6-12-23)19-10-5-8-16-7-3-4-9-18(16)19/h3-4,7,9,13,15,19,23H,2,5-6,8,10-12,14H2,1H3. The fourth-order valence-electron chi connectivity index (χ4n) is 3.70. The first-order valence-electron chi connectivity index (χ1n) is 8.75. The summed E-state index contributed by atoms with van der Waals surface area (Å²) in [6, 6.07) is 9.29. The molecule has 0 saturated heterocycles. The van der Waals surface area contributed by atoms with Gasteiger partial charge in [-0.15, -0.1) is 0 Å². The molecule has 1 aliphatic carbocycles. The summed E-state index contributed by atoms with van der Waals surface area (Å²) in [5.74, 6) is 0. The van der Waals surface area contributed by atoms with Crippen LogP contribution in [0.4, 0.5) is 0 Å². The van der Waals surface area contributed by atoms with Crippen molar-refractivity contribution in [2.75, 3.05) is 13.2 Å². The van der Waals surface area contributed by atoms with Crippen molar-refractivity contribution in [2.24, 2.45) is 0 Å². The molecular formula is C19H27N3O. The third kappa shape index (κ3) is 3.65. The first-order chi connectivity index (χ1) is 11.3. The number of hydrogen-bond acceptors (Lipinski definition) is 3. The van der Waals surface area contributed by atoms with Crippen molar-refractivity contribution in [3.63, 3.8) is 0 Å². The van der Waals surface area contributed by atoms with Crippen LogP contribution in [0.15, 0.2) is 36.8 Å². The number of fused-ring (bicyclic) bond motifs is 1. The fourth-order valence-corrected chi connectivity index (χ4v) is 3.70. The molecule has 1 heterocycles. The van der Waals surface area contributed by atoms with Gasteiger partial charge in [-0.2, -0.15) is 0 Å². The van der Waals surface area contributed by atoms with Crippen LogP contribution in [0.3, 0.4) is 0 Å². The highest BCUT2D eigenvalue weighted by atomic mass is 16.3. The van der Waals surface area contributed by atoms with E-state index < -0.39 is 0 Å². The minimum atomic E-state index is 0.248. The summed E-state index contributed by atoms with van der Waals surface area (Å²) in [5.41, 5.74) is 4.22. The quantitative estimate of drug-likeness (QED) is 0.853. The van der Waals surface area contributed by atoms with Gasteiger partial charge >= 0.3 is 0 Å². The molecule has 0 amide bonds. The van der Waals surface area contributed by atoms with Crippen molar-refractivity contribution in [3.05, 3.63) is 53.6 Å². The van der Waals surface area contributed by atoms with E-state index in [-0.39, 0.29) is 6.61 Å². The maximum absolute atomic E-state index is 9.29. The molecule has 2 aromatic rings. The van der Waals surface area contributed by atoms with E-state index in [0.717, 1.165) is 26.1 Å². The molecule has 0 saturated carbocycles. The van der Waals surface area contributed by atoms with Crippen LogP contribution < -0.4 is 0 Å². The van der Waals surface area contributed by atoms with Crippen LogP contribution in [0, 0.1) is 0 Å². The number of aliphatic hydroxyl groups excluding tert-OH is 1. The van der Waals surface area contributed by atoms with Gasteiger partial charge in [0, 0.05) is 38.5 Å². The fraction of sp³-hybridized carbons (Fsp3) is 0.526. The molecule has 4 nitrogen and oxygen atoms in total. The second-order valence-corrected chi connectivity index (χ2v) is 6.33. The number of aromatic nitrogens is 2. The van der Waals surface area contributed by atoms with Gasteiger partial charge in [0.1, 0.15) is 0 Å². The van der Waals surface area contributed by atoms with Crippen molar-refractivity contribution in [2.45, 2.75) is 51.7 Å². The predicted molar refractivity (Wildman–Crippen MR) is 92.1 cm³/mol. The van der Waals surface area contributed by atoms with Crippen molar-refractivity contribution in [1.29, 1.82) is 0 Å². The maximum Gasteiger partial charge on any atom is 0.0948 e. The normalized spacial score (nSPS) is 17.4. The zero-order chi connectivity index (χ0) is 16.1. The largest absolute Gasteiger partial charge is 0.396 e. The summed E-state index contributed by atoms with van der Waals surface area (Å²) in [7, 11) is 0. The van der Waals surface area contributed by atoms with Crippen LogP contribution in [0.2, 0.25) is 0 Å². The van der Waals surface area contributed by atoms with E-state index in [1.807, 2.05) is 12.5 Å². The SMILES string of the molecule is CCn1cncc1CN(CCCO)C1CCCc2ccccc21. The Kier molecular flexibility index (Phi) is 5.47. The number of aryl methyl sites for hydroxylation is 2. The summed E-state index contributed by atoms with van der Waals surface area (Å²) >= 11 is 0. The molecule has 23 heavy (non-hydrogen) atoms. The Morgan fingerprint density at radius 1 is 1.35 bits per heavy atom. The smallest absolute Gasteiger partial charge is 0.0948 e. The molecule has 0 fully saturated rings. The van der Waals surface area contributed by atoms with Crippen LogP contribution >= 0.6 is 0 Å². The first-order valence-corrected chi connectivity index (χ1v) is 8.75. The molecule has 4 heteroatoms. The minimum absolute atomic E-state index is 0.248. The van der Waals surface area contributed by atoms with E-state index in [0.29, 0.717) is 6.04 Å². The average Bonchev–Trinajstić information content (AvgIpc) is 3.05. The second-order valence-electron chi connectivity index (χ2n) is 6.33. The maximum atomic E-state index is 9.29. The average molecular weight is 313 g/mol. The van der Waals surface area contributed by atoms with E-state index in [4.69, 9.17) is 0 Å². The lowest BCUT2D eigenvalue weighted by molar-refractivity contribution is 0.149. The van der Waals surface area contributed by atoms with Crippen molar-refractivity contribution in [1.82, 2.24) is 14.5 Å². The number of rotatable bonds is 7. The van der Waals surface area contributed by atoms with Gasteiger partial charge in [0.2, 0.25) is 0 Å². The Morgan fingerprint density at radius 3 is 3.04 bits per heavy atom. The van der Waals surface area contributed by atoms with E-state index in [1.165, 1.54) is 36.1 Å². The Morgan fingerprint density at radius 2 is 2.22 bits per heavy atom. The molecule has 1 atom stereocenters. The molecule has 1 unspecified atom stereocenters. The monoisotopic (exact) mass is 313 g/mol. The highest BCUT2D eigenvalue weighted by Gasteiger charge is 2.26. The lowest BCUT2D eigenvalue weighted by Crippen LogP contribution is -2.33. The third-order valence-electron chi connectivity index (χ3n) is 4.89. The Bertz CT molecular complexity index is 623. The zero-order valence-electron chi connectivity index (χ0n) is 14.0. The van der Waals surface area contributed by atoms with E-state index >= 15 is 0 Å². The molecule has 0 spiro atoms. The molecule has 1 aromatic heterocycles. The van der Waals surface area contributed by atoms with Gasteiger partial charge in [-0.05, 0) is 43.7 Å². The summed E-state index contributed by atoms with van der Waals surface area (Å²) in [6.07, 6.45) is 8.33. The van der Waals surface area contributed by atoms with Crippen LogP contribution in [-0.4, -0.2) is 32.7 Å². The van der Waals surface area contributed by atoms with Gasteiger partial charge in [-0.25, -0.2) is 4.98 Å². The highest BCUT2D eigenvalue weighted by molar-refractivity contribution is 5.32. The molecule has 3 rings (SSSR count). The van der Waals surface area contributed by atoms with Gasteiger partial charge in [-0.1, -0.05) is 24.3 Å². The summed E-state index contributed by atoms with van der Waals surface area (Å²) < 4.78 is 2.21. The van der Waals surface area contributed by atoms with E-state index in [1.54, 1.807) is 0 Å². The summed E-state index contributed by atoms with van der Waals surface area (Å²) in [6.45, 7) is 5.17.